The summed E-state index contributed by atoms with van der Waals surface area (Å²) in [6, 6.07) is 9.97. The Morgan fingerprint density at radius 3 is 2.54 bits per heavy atom. The van der Waals surface area contributed by atoms with Crippen molar-refractivity contribution in [3.05, 3.63) is 53.4 Å². The summed E-state index contributed by atoms with van der Waals surface area (Å²) in [7, 11) is 0. The molecule has 1 aromatic carbocycles. The SMILES string of the molecule is CC1(c2ccccc2)CC=C[NH+]1[O-]. The van der Waals surface area contributed by atoms with Crippen molar-refractivity contribution in [3.63, 3.8) is 0 Å². The summed E-state index contributed by atoms with van der Waals surface area (Å²) in [6.45, 7) is 2.00. The average Bonchev–Trinajstić information content (AvgIpc) is 2.50. The highest BCUT2D eigenvalue weighted by atomic mass is 16.5. The topological polar surface area (TPSA) is 27.5 Å². The zero-order chi connectivity index (χ0) is 9.31. The first-order chi connectivity index (χ1) is 6.23. The molecule has 1 aliphatic rings. The predicted octanol–water partition coefficient (Wildman–Crippen LogP) is 1.20. The fourth-order valence-electron chi connectivity index (χ4n) is 1.75. The van der Waals surface area contributed by atoms with Gasteiger partial charge in [0.1, 0.15) is 5.54 Å². The van der Waals surface area contributed by atoms with E-state index < -0.39 is 0 Å². The highest BCUT2D eigenvalue weighted by Crippen LogP contribution is 2.23. The smallest absolute Gasteiger partial charge is 0.128 e. The van der Waals surface area contributed by atoms with Crippen molar-refractivity contribution >= 4 is 0 Å². The Bertz CT molecular complexity index is 320. The first-order valence-electron chi connectivity index (χ1n) is 4.50. The van der Waals surface area contributed by atoms with Gasteiger partial charge >= 0.3 is 0 Å². The standard InChI is InChI=1S/C11H13NO/c1-11(8-5-9-12(11)13)10-6-3-2-4-7-10/h2-7,9,12H,8H2,1H3. The lowest BCUT2D eigenvalue weighted by molar-refractivity contribution is -0.853. The van der Waals surface area contributed by atoms with Gasteiger partial charge in [0.15, 0.2) is 0 Å². The molecule has 0 saturated carbocycles. The number of hydrogen-bond donors (Lipinski definition) is 1. The Hall–Kier alpha value is -1.12. The molecule has 1 N–H and O–H groups in total. The maximum Gasteiger partial charge on any atom is 0.128 e. The van der Waals surface area contributed by atoms with Crippen LogP contribution in [0.15, 0.2) is 42.6 Å². The number of hydrogen-bond acceptors (Lipinski definition) is 1. The number of rotatable bonds is 1. The minimum atomic E-state index is -0.304. The van der Waals surface area contributed by atoms with E-state index in [0.29, 0.717) is 0 Å². The van der Waals surface area contributed by atoms with E-state index in [1.807, 2.05) is 43.3 Å². The number of nitrogens with one attached hydrogen (secondary N) is 1. The summed E-state index contributed by atoms with van der Waals surface area (Å²) in [5.41, 5.74) is 0.811. The first kappa shape index (κ1) is 8.48. The van der Waals surface area contributed by atoms with E-state index in [0.717, 1.165) is 12.0 Å². The summed E-state index contributed by atoms with van der Waals surface area (Å²) >= 11 is 0. The molecule has 2 unspecified atom stereocenters. The van der Waals surface area contributed by atoms with Gasteiger partial charge in [0.05, 0.1) is 6.20 Å². The fourth-order valence-corrected chi connectivity index (χ4v) is 1.75. The second-order valence-corrected chi connectivity index (χ2v) is 3.67. The first-order valence-corrected chi connectivity index (χ1v) is 4.50. The van der Waals surface area contributed by atoms with Gasteiger partial charge < -0.3 is 10.3 Å². The summed E-state index contributed by atoms with van der Waals surface area (Å²) in [4.78, 5) is 0. The van der Waals surface area contributed by atoms with Crippen molar-refractivity contribution in [3.8, 4) is 0 Å². The van der Waals surface area contributed by atoms with E-state index >= 15 is 0 Å². The van der Waals surface area contributed by atoms with Crippen molar-refractivity contribution in [2.45, 2.75) is 18.9 Å². The van der Waals surface area contributed by atoms with Gasteiger partial charge in [0.25, 0.3) is 0 Å². The van der Waals surface area contributed by atoms with E-state index in [9.17, 15) is 5.21 Å². The van der Waals surface area contributed by atoms with E-state index in [1.165, 1.54) is 0 Å². The van der Waals surface area contributed by atoms with Crippen LogP contribution in [0.4, 0.5) is 0 Å². The highest BCUT2D eigenvalue weighted by molar-refractivity contribution is 5.23. The molecule has 0 radical (unpaired) electrons. The van der Waals surface area contributed by atoms with Crippen LogP contribution in [-0.2, 0) is 5.54 Å². The van der Waals surface area contributed by atoms with Gasteiger partial charge in [0, 0.05) is 12.0 Å². The van der Waals surface area contributed by atoms with Crippen LogP contribution >= 0.6 is 0 Å². The Labute approximate surface area is 78.1 Å². The molecular weight excluding hydrogens is 162 g/mol. The minimum Gasteiger partial charge on any atom is -0.629 e. The Morgan fingerprint density at radius 2 is 2.00 bits per heavy atom. The zero-order valence-electron chi connectivity index (χ0n) is 7.66. The second-order valence-electron chi connectivity index (χ2n) is 3.67. The van der Waals surface area contributed by atoms with Gasteiger partial charge in [-0.1, -0.05) is 30.3 Å². The van der Waals surface area contributed by atoms with Crippen LogP contribution < -0.4 is 5.06 Å². The molecule has 2 rings (SSSR count). The third kappa shape index (κ3) is 1.28. The second kappa shape index (κ2) is 2.98. The highest BCUT2D eigenvalue weighted by Gasteiger charge is 2.34. The lowest BCUT2D eigenvalue weighted by Crippen LogP contribution is -3.08. The van der Waals surface area contributed by atoms with Crippen LogP contribution in [-0.4, -0.2) is 0 Å². The molecule has 0 bridgehead atoms. The van der Waals surface area contributed by atoms with Crippen molar-refractivity contribution < 1.29 is 5.06 Å². The maximum atomic E-state index is 11.6. The van der Waals surface area contributed by atoms with Crippen LogP contribution in [0.3, 0.4) is 0 Å². The molecule has 1 aromatic rings. The predicted molar refractivity (Wildman–Crippen MR) is 51.9 cm³/mol. The number of quaternary nitrogens is 1. The van der Waals surface area contributed by atoms with Crippen molar-refractivity contribution in [1.29, 1.82) is 0 Å². The molecule has 0 aliphatic carbocycles. The van der Waals surface area contributed by atoms with Crippen molar-refractivity contribution in [2.24, 2.45) is 0 Å². The molecular formula is C11H13NO. The molecule has 0 aromatic heterocycles. The molecule has 2 heteroatoms. The Morgan fingerprint density at radius 1 is 1.31 bits per heavy atom. The minimum absolute atomic E-state index is 0.221. The van der Waals surface area contributed by atoms with Gasteiger partial charge in [-0.3, -0.25) is 0 Å². The third-order valence-corrected chi connectivity index (χ3v) is 2.75. The molecule has 68 valence electrons. The largest absolute Gasteiger partial charge is 0.629 e. The molecule has 13 heavy (non-hydrogen) atoms. The van der Waals surface area contributed by atoms with Crippen LogP contribution in [0.25, 0.3) is 0 Å². The number of benzene rings is 1. The van der Waals surface area contributed by atoms with Gasteiger partial charge in [-0.2, -0.15) is 0 Å². The average molecular weight is 175 g/mol. The quantitative estimate of drug-likeness (QED) is 0.638. The lowest BCUT2D eigenvalue weighted by atomic mass is 9.90. The summed E-state index contributed by atoms with van der Waals surface area (Å²) in [5.74, 6) is 0. The van der Waals surface area contributed by atoms with Gasteiger partial charge in [0.2, 0.25) is 0 Å². The van der Waals surface area contributed by atoms with Crippen LogP contribution in [0.5, 0.6) is 0 Å². The fraction of sp³-hybridized carbons (Fsp3) is 0.273. The Kier molecular flexibility index (Phi) is 1.94. The lowest BCUT2D eigenvalue weighted by Gasteiger charge is -2.34. The van der Waals surface area contributed by atoms with E-state index in [1.54, 1.807) is 6.20 Å². The third-order valence-electron chi connectivity index (χ3n) is 2.75. The van der Waals surface area contributed by atoms with E-state index in [2.05, 4.69) is 0 Å². The molecule has 1 aliphatic heterocycles. The molecule has 0 spiro atoms. The van der Waals surface area contributed by atoms with Crippen LogP contribution in [0.2, 0.25) is 0 Å². The molecule has 0 saturated heterocycles. The van der Waals surface area contributed by atoms with E-state index in [4.69, 9.17) is 0 Å². The molecule has 2 nitrogen and oxygen atoms in total. The van der Waals surface area contributed by atoms with Gasteiger partial charge in [-0.25, -0.2) is 0 Å². The number of hydroxylamine groups is 2. The normalized spacial score (nSPS) is 32.3. The monoisotopic (exact) mass is 175 g/mol. The Balaban J connectivity index is 2.36. The van der Waals surface area contributed by atoms with Gasteiger partial charge in [-0.15, -0.1) is 0 Å². The van der Waals surface area contributed by atoms with Gasteiger partial charge in [-0.05, 0) is 13.0 Å². The summed E-state index contributed by atoms with van der Waals surface area (Å²) in [6.07, 6.45) is 4.47. The van der Waals surface area contributed by atoms with Crippen molar-refractivity contribution in [1.82, 2.24) is 0 Å². The van der Waals surface area contributed by atoms with Crippen LogP contribution in [0.1, 0.15) is 18.9 Å². The van der Waals surface area contributed by atoms with Crippen molar-refractivity contribution in [2.75, 3.05) is 0 Å². The summed E-state index contributed by atoms with van der Waals surface area (Å²) < 4.78 is 0. The molecule has 0 fully saturated rings. The maximum absolute atomic E-state index is 11.6. The summed E-state index contributed by atoms with van der Waals surface area (Å²) in [5, 5.41) is 11.8. The van der Waals surface area contributed by atoms with Crippen LogP contribution in [0, 0.1) is 5.21 Å². The molecule has 1 heterocycles. The zero-order valence-corrected chi connectivity index (χ0v) is 7.66. The molecule has 2 atom stereocenters. The molecule has 0 amide bonds. The van der Waals surface area contributed by atoms with E-state index in [-0.39, 0.29) is 10.6 Å².